The van der Waals surface area contributed by atoms with Crippen LogP contribution in [0.15, 0.2) is 84.3 Å². The van der Waals surface area contributed by atoms with E-state index >= 15 is 0 Å². The molecule has 35 heavy (non-hydrogen) atoms. The number of nitrogens with zero attached hydrogens (tertiary/aromatic N) is 2. The zero-order valence-electron chi connectivity index (χ0n) is 18.8. The van der Waals surface area contributed by atoms with Crippen molar-refractivity contribution in [2.24, 2.45) is 5.73 Å². The van der Waals surface area contributed by atoms with E-state index in [1.54, 1.807) is 25.3 Å². The molecular formula is C27H21FN4O3. The van der Waals surface area contributed by atoms with E-state index in [1.165, 1.54) is 12.1 Å². The lowest BCUT2D eigenvalue weighted by Crippen LogP contribution is -2.21. The molecule has 2 heterocycles. The number of rotatable bonds is 6. The molecule has 3 N–H and O–H groups in total. The Kier molecular flexibility index (Phi) is 5.81. The van der Waals surface area contributed by atoms with Crippen LogP contribution in [-0.4, -0.2) is 17.3 Å². The first-order chi connectivity index (χ1) is 17.1. The van der Waals surface area contributed by atoms with Gasteiger partial charge in [-0.3, -0.25) is 5.10 Å². The Labute approximate surface area is 201 Å². The Morgan fingerprint density at radius 2 is 1.86 bits per heavy atom. The van der Waals surface area contributed by atoms with Crippen LogP contribution in [0.5, 0.6) is 17.4 Å². The highest BCUT2D eigenvalue weighted by atomic mass is 19.1. The van der Waals surface area contributed by atoms with Gasteiger partial charge in [0.1, 0.15) is 24.1 Å². The maximum absolute atomic E-state index is 13.5. The smallest absolute Gasteiger partial charge is 0.244 e. The van der Waals surface area contributed by atoms with Gasteiger partial charge in [-0.15, -0.1) is 5.10 Å². The highest BCUT2D eigenvalue weighted by Gasteiger charge is 2.36. The summed E-state index contributed by atoms with van der Waals surface area (Å²) in [7, 11) is 1.56. The first-order valence-electron chi connectivity index (χ1n) is 10.9. The average Bonchev–Trinajstić information content (AvgIpc) is 3.30. The van der Waals surface area contributed by atoms with Crippen molar-refractivity contribution in [3.05, 3.63) is 107 Å². The molecule has 0 unspecified atom stereocenters. The van der Waals surface area contributed by atoms with E-state index in [9.17, 15) is 9.65 Å². The summed E-state index contributed by atoms with van der Waals surface area (Å²) in [5, 5.41) is 17.1. The maximum atomic E-state index is 13.5. The summed E-state index contributed by atoms with van der Waals surface area (Å²) in [5.41, 5.74) is 10.0. The van der Waals surface area contributed by atoms with Gasteiger partial charge >= 0.3 is 0 Å². The number of fused-ring (bicyclic) bond motifs is 1. The second-order valence-corrected chi connectivity index (χ2v) is 7.93. The Morgan fingerprint density at radius 3 is 2.57 bits per heavy atom. The third kappa shape index (κ3) is 4.15. The number of hydrogen-bond acceptors (Lipinski definition) is 6. The van der Waals surface area contributed by atoms with Crippen LogP contribution < -0.4 is 19.9 Å². The van der Waals surface area contributed by atoms with E-state index < -0.39 is 5.92 Å². The molecule has 1 atom stereocenters. The minimum Gasteiger partial charge on any atom is -0.493 e. The normalized spacial score (nSPS) is 14.6. The Morgan fingerprint density at radius 1 is 1.09 bits per heavy atom. The SMILES string of the molecule is COc1cc([C@@H]2C(C#N)=C(N)Oc3n[nH]c(-c4ccc(F)cc4)c32)ccc1OCc1ccccc1. The summed E-state index contributed by atoms with van der Waals surface area (Å²) in [6.07, 6.45) is 0. The second kappa shape index (κ2) is 9.23. The second-order valence-electron chi connectivity index (χ2n) is 7.93. The van der Waals surface area contributed by atoms with E-state index in [2.05, 4.69) is 16.3 Å². The molecule has 0 bridgehead atoms. The lowest BCUT2D eigenvalue weighted by Gasteiger charge is -2.25. The fourth-order valence-corrected chi connectivity index (χ4v) is 4.13. The van der Waals surface area contributed by atoms with Gasteiger partial charge in [0.05, 0.1) is 24.3 Å². The molecule has 8 heteroatoms. The molecule has 1 aromatic heterocycles. The Balaban J connectivity index is 1.56. The van der Waals surface area contributed by atoms with E-state index in [0.717, 1.165) is 11.1 Å². The number of hydrogen-bond donors (Lipinski definition) is 2. The summed E-state index contributed by atoms with van der Waals surface area (Å²) in [5.74, 6) is 0.370. The predicted octanol–water partition coefficient (Wildman–Crippen LogP) is 5.02. The molecule has 0 saturated carbocycles. The van der Waals surface area contributed by atoms with Crippen molar-refractivity contribution in [2.45, 2.75) is 12.5 Å². The van der Waals surface area contributed by atoms with Gasteiger partial charge in [-0.2, -0.15) is 5.26 Å². The number of nitriles is 1. The molecule has 7 nitrogen and oxygen atoms in total. The van der Waals surface area contributed by atoms with Gasteiger partial charge in [0, 0.05) is 5.56 Å². The van der Waals surface area contributed by atoms with Crippen molar-refractivity contribution < 1.29 is 18.6 Å². The van der Waals surface area contributed by atoms with Crippen molar-refractivity contribution in [3.8, 4) is 34.7 Å². The number of aromatic nitrogens is 2. The molecule has 1 aliphatic rings. The number of benzene rings is 3. The third-order valence-electron chi connectivity index (χ3n) is 5.83. The molecule has 0 amide bonds. The minimum absolute atomic E-state index is 0.0227. The van der Waals surface area contributed by atoms with Crippen LogP contribution >= 0.6 is 0 Å². The van der Waals surface area contributed by atoms with E-state index in [1.807, 2.05) is 42.5 Å². The number of halogens is 1. The lowest BCUT2D eigenvalue weighted by molar-refractivity contribution is 0.284. The number of methoxy groups -OCH3 is 1. The number of nitrogens with two attached hydrogens (primary N) is 1. The first-order valence-corrected chi connectivity index (χ1v) is 10.9. The fraction of sp³-hybridized carbons (Fsp3) is 0.111. The molecule has 0 spiro atoms. The highest BCUT2D eigenvalue weighted by Crippen LogP contribution is 2.47. The van der Waals surface area contributed by atoms with Crippen molar-refractivity contribution in [2.75, 3.05) is 7.11 Å². The van der Waals surface area contributed by atoms with Crippen LogP contribution in [-0.2, 0) is 6.61 Å². The molecule has 174 valence electrons. The van der Waals surface area contributed by atoms with Crippen molar-refractivity contribution in [3.63, 3.8) is 0 Å². The first kappa shape index (κ1) is 22.0. The average molecular weight is 468 g/mol. The van der Waals surface area contributed by atoms with E-state index in [0.29, 0.717) is 34.9 Å². The quantitative estimate of drug-likeness (QED) is 0.412. The zero-order valence-corrected chi connectivity index (χ0v) is 18.8. The van der Waals surface area contributed by atoms with Crippen molar-refractivity contribution in [1.29, 1.82) is 5.26 Å². The number of ether oxygens (including phenoxy) is 3. The Hall–Kier alpha value is -4.77. The van der Waals surface area contributed by atoms with Gasteiger partial charge < -0.3 is 19.9 Å². The van der Waals surface area contributed by atoms with Gasteiger partial charge in [-0.1, -0.05) is 36.4 Å². The largest absolute Gasteiger partial charge is 0.493 e. The van der Waals surface area contributed by atoms with Gasteiger partial charge in [-0.25, -0.2) is 4.39 Å². The summed E-state index contributed by atoms with van der Waals surface area (Å²) in [6, 6.07) is 23.4. The number of nitrogens with one attached hydrogen (secondary N) is 1. The van der Waals surface area contributed by atoms with Crippen LogP contribution in [0.1, 0.15) is 22.6 Å². The van der Waals surface area contributed by atoms with Gasteiger partial charge in [0.2, 0.25) is 11.8 Å². The molecule has 0 saturated heterocycles. The summed E-state index contributed by atoms with van der Waals surface area (Å²) in [6.45, 7) is 0.380. The van der Waals surface area contributed by atoms with Crippen molar-refractivity contribution >= 4 is 0 Å². The van der Waals surface area contributed by atoms with Crippen LogP contribution in [0.3, 0.4) is 0 Å². The third-order valence-corrected chi connectivity index (χ3v) is 5.83. The van der Waals surface area contributed by atoms with Crippen LogP contribution in [0.2, 0.25) is 0 Å². The molecule has 0 aliphatic carbocycles. The molecule has 5 rings (SSSR count). The number of allylic oxidation sites excluding steroid dienone is 1. The van der Waals surface area contributed by atoms with Gasteiger partial charge in [0.15, 0.2) is 11.5 Å². The van der Waals surface area contributed by atoms with Gasteiger partial charge in [-0.05, 0) is 47.5 Å². The van der Waals surface area contributed by atoms with Crippen LogP contribution in [0, 0.1) is 17.1 Å². The molecule has 0 fully saturated rings. The predicted molar refractivity (Wildman–Crippen MR) is 127 cm³/mol. The number of H-pyrrole nitrogens is 1. The molecule has 3 aromatic carbocycles. The standard InChI is InChI=1S/C27H21FN4O3/c1-33-22-13-18(9-12-21(22)34-15-16-5-3-2-4-6-16)23-20(14-29)26(30)35-27-24(23)25(31-32-27)17-7-10-19(28)11-8-17/h2-13,23H,15,30H2,1H3,(H,31,32)/t23-/m1/s1. The monoisotopic (exact) mass is 468 g/mol. The van der Waals surface area contributed by atoms with Crippen LogP contribution in [0.25, 0.3) is 11.3 Å². The Bertz CT molecular complexity index is 1440. The highest BCUT2D eigenvalue weighted by molar-refractivity contribution is 5.71. The number of aromatic amines is 1. The molecule has 4 aromatic rings. The summed E-state index contributed by atoms with van der Waals surface area (Å²) < 4.78 is 30.8. The summed E-state index contributed by atoms with van der Waals surface area (Å²) in [4.78, 5) is 0. The van der Waals surface area contributed by atoms with E-state index in [-0.39, 0.29) is 23.2 Å². The zero-order chi connectivity index (χ0) is 24.4. The summed E-state index contributed by atoms with van der Waals surface area (Å²) >= 11 is 0. The maximum Gasteiger partial charge on any atom is 0.244 e. The lowest BCUT2D eigenvalue weighted by atomic mass is 9.83. The van der Waals surface area contributed by atoms with Gasteiger partial charge in [0.25, 0.3) is 0 Å². The van der Waals surface area contributed by atoms with Crippen molar-refractivity contribution in [1.82, 2.24) is 10.2 Å². The molecule has 0 radical (unpaired) electrons. The minimum atomic E-state index is -0.584. The fourth-order valence-electron chi connectivity index (χ4n) is 4.13. The van der Waals surface area contributed by atoms with E-state index in [4.69, 9.17) is 19.9 Å². The topological polar surface area (TPSA) is 106 Å². The molecular weight excluding hydrogens is 447 g/mol. The van der Waals surface area contributed by atoms with Crippen LogP contribution in [0.4, 0.5) is 4.39 Å². The molecule has 1 aliphatic heterocycles.